The summed E-state index contributed by atoms with van der Waals surface area (Å²) in [5.41, 5.74) is 3.90. The third-order valence-electron chi connectivity index (χ3n) is 3.85. The molecular weight excluding hydrogens is 314 g/mol. The number of benzene rings is 2. The standard InChI is InChI=1S/C17H18BrNO/c1-19-16(11-13-5-2-3-8-15(13)18)14-7-4-6-12-9-10-20-17(12)14/h2-8,16,19H,9-11H2,1H3. The molecule has 1 aliphatic heterocycles. The smallest absolute Gasteiger partial charge is 0.127 e. The molecule has 1 N–H and O–H groups in total. The van der Waals surface area contributed by atoms with Crippen LogP contribution < -0.4 is 10.1 Å². The summed E-state index contributed by atoms with van der Waals surface area (Å²) in [6.07, 6.45) is 1.96. The minimum Gasteiger partial charge on any atom is -0.493 e. The Morgan fingerprint density at radius 3 is 2.85 bits per heavy atom. The van der Waals surface area contributed by atoms with E-state index in [0.29, 0.717) is 0 Å². The van der Waals surface area contributed by atoms with Gasteiger partial charge in [0.05, 0.1) is 6.61 Å². The minimum absolute atomic E-state index is 0.266. The molecule has 0 amide bonds. The molecule has 20 heavy (non-hydrogen) atoms. The Labute approximate surface area is 128 Å². The van der Waals surface area contributed by atoms with Gasteiger partial charge in [-0.1, -0.05) is 52.3 Å². The zero-order valence-electron chi connectivity index (χ0n) is 11.5. The third-order valence-corrected chi connectivity index (χ3v) is 4.62. The molecule has 0 bridgehead atoms. The number of para-hydroxylation sites is 1. The van der Waals surface area contributed by atoms with Crippen LogP contribution in [-0.2, 0) is 12.8 Å². The van der Waals surface area contributed by atoms with Gasteiger partial charge in [0.15, 0.2) is 0 Å². The summed E-state index contributed by atoms with van der Waals surface area (Å²) in [6.45, 7) is 0.803. The summed E-state index contributed by atoms with van der Waals surface area (Å²) >= 11 is 3.63. The highest BCUT2D eigenvalue weighted by Gasteiger charge is 2.21. The summed E-state index contributed by atoms with van der Waals surface area (Å²) in [7, 11) is 2.01. The van der Waals surface area contributed by atoms with Crippen LogP contribution in [0.4, 0.5) is 0 Å². The van der Waals surface area contributed by atoms with Gasteiger partial charge in [-0.25, -0.2) is 0 Å². The van der Waals surface area contributed by atoms with Crippen LogP contribution >= 0.6 is 15.9 Å². The Hall–Kier alpha value is -1.32. The second-order valence-electron chi connectivity index (χ2n) is 5.07. The maximum Gasteiger partial charge on any atom is 0.127 e. The van der Waals surface area contributed by atoms with E-state index in [9.17, 15) is 0 Å². The van der Waals surface area contributed by atoms with Crippen LogP contribution in [0, 0.1) is 0 Å². The molecule has 0 saturated heterocycles. The monoisotopic (exact) mass is 331 g/mol. The molecule has 2 aromatic rings. The lowest BCUT2D eigenvalue weighted by atomic mass is 9.96. The van der Waals surface area contributed by atoms with E-state index in [1.165, 1.54) is 16.7 Å². The number of nitrogens with one attached hydrogen (secondary N) is 1. The molecule has 0 aliphatic carbocycles. The summed E-state index contributed by atoms with van der Waals surface area (Å²) in [4.78, 5) is 0. The molecule has 3 heteroatoms. The second-order valence-corrected chi connectivity index (χ2v) is 5.93. The molecule has 2 nitrogen and oxygen atoms in total. The Balaban J connectivity index is 1.91. The van der Waals surface area contributed by atoms with Gasteiger partial charge >= 0.3 is 0 Å². The quantitative estimate of drug-likeness (QED) is 0.917. The van der Waals surface area contributed by atoms with Gasteiger partial charge in [0.25, 0.3) is 0 Å². The molecular formula is C17H18BrNO. The lowest BCUT2D eigenvalue weighted by molar-refractivity contribution is 0.349. The van der Waals surface area contributed by atoms with Crippen LogP contribution in [0.2, 0.25) is 0 Å². The second kappa shape index (κ2) is 5.98. The van der Waals surface area contributed by atoms with E-state index >= 15 is 0 Å². The van der Waals surface area contributed by atoms with Crippen molar-refractivity contribution in [2.24, 2.45) is 0 Å². The molecule has 104 valence electrons. The van der Waals surface area contributed by atoms with Crippen LogP contribution in [-0.4, -0.2) is 13.7 Å². The van der Waals surface area contributed by atoms with Gasteiger partial charge in [-0.15, -0.1) is 0 Å². The molecule has 1 aliphatic rings. The Morgan fingerprint density at radius 2 is 2.05 bits per heavy atom. The van der Waals surface area contributed by atoms with Gasteiger partial charge < -0.3 is 10.1 Å². The van der Waals surface area contributed by atoms with E-state index in [2.05, 4.69) is 57.6 Å². The molecule has 0 spiro atoms. The predicted octanol–water partition coefficient (Wildman–Crippen LogP) is 3.89. The van der Waals surface area contributed by atoms with Gasteiger partial charge in [-0.3, -0.25) is 0 Å². The van der Waals surface area contributed by atoms with Crippen molar-refractivity contribution in [3.8, 4) is 5.75 Å². The van der Waals surface area contributed by atoms with Gasteiger partial charge in [0.2, 0.25) is 0 Å². The van der Waals surface area contributed by atoms with Crippen molar-refractivity contribution in [3.05, 3.63) is 63.6 Å². The summed E-state index contributed by atoms with van der Waals surface area (Å²) in [5, 5.41) is 3.42. The van der Waals surface area contributed by atoms with E-state index in [-0.39, 0.29) is 6.04 Å². The fraction of sp³-hybridized carbons (Fsp3) is 0.294. The number of halogens is 1. The number of likely N-dealkylation sites (N-methyl/N-ethyl adjacent to an activating group) is 1. The van der Waals surface area contributed by atoms with E-state index in [4.69, 9.17) is 4.74 Å². The maximum absolute atomic E-state index is 5.83. The fourth-order valence-corrected chi connectivity index (χ4v) is 3.21. The van der Waals surface area contributed by atoms with Gasteiger partial charge in [0, 0.05) is 22.5 Å². The van der Waals surface area contributed by atoms with Crippen molar-refractivity contribution in [2.45, 2.75) is 18.9 Å². The molecule has 0 aromatic heterocycles. The lowest BCUT2D eigenvalue weighted by Crippen LogP contribution is -2.19. The molecule has 3 rings (SSSR count). The Bertz CT molecular complexity index is 612. The minimum atomic E-state index is 0.266. The number of hydrogen-bond acceptors (Lipinski definition) is 2. The number of hydrogen-bond donors (Lipinski definition) is 1. The molecule has 0 saturated carbocycles. The Kier molecular flexibility index (Phi) is 4.08. The van der Waals surface area contributed by atoms with Crippen LogP contribution in [0.1, 0.15) is 22.7 Å². The third kappa shape index (κ3) is 2.60. The maximum atomic E-state index is 5.83. The largest absolute Gasteiger partial charge is 0.493 e. The van der Waals surface area contributed by atoms with Crippen molar-refractivity contribution >= 4 is 15.9 Å². The highest BCUT2D eigenvalue weighted by Crippen LogP contribution is 2.35. The molecule has 2 aromatic carbocycles. The van der Waals surface area contributed by atoms with Crippen LogP contribution in [0.3, 0.4) is 0 Å². The Morgan fingerprint density at radius 1 is 1.20 bits per heavy atom. The van der Waals surface area contributed by atoms with Crippen molar-refractivity contribution in [1.82, 2.24) is 5.32 Å². The first-order valence-electron chi connectivity index (χ1n) is 6.95. The predicted molar refractivity (Wildman–Crippen MR) is 85.3 cm³/mol. The lowest BCUT2D eigenvalue weighted by Gasteiger charge is -2.20. The zero-order valence-corrected chi connectivity index (χ0v) is 13.1. The van der Waals surface area contributed by atoms with Gasteiger partial charge in [-0.2, -0.15) is 0 Å². The fourth-order valence-electron chi connectivity index (χ4n) is 2.77. The van der Waals surface area contributed by atoms with Crippen molar-refractivity contribution < 1.29 is 4.74 Å². The van der Waals surface area contributed by atoms with Gasteiger partial charge in [0.1, 0.15) is 5.75 Å². The molecule has 1 heterocycles. The number of fused-ring (bicyclic) bond motifs is 1. The summed E-state index contributed by atoms with van der Waals surface area (Å²) in [5.74, 6) is 1.08. The highest BCUT2D eigenvalue weighted by atomic mass is 79.9. The molecule has 0 fully saturated rings. The molecule has 0 radical (unpaired) electrons. The van der Waals surface area contributed by atoms with Crippen molar-refractivity contribution in [1.29, 1.82) is 0 Å². The summed E-state index contributed by atoms with van der Waals surface area (Å²) in [6, 6.07) is 15.1. The van der Waals surface area contributed by atoms with Crippen LogP contribution in [0.15, 0.2) is 46.9 Å². The first-order chi connectivity index (χ1) is 9.79. The van der Waals surface area contributed by atoms with Crippen molar-refractivity contribution in [2.75, 3.05) is 13.7 Å². The average Bonchev–Trinajstić information content (AvgIpc) is 2.95. The number of ether oxygens (including phenoxy) is 1. The summed E-state index contributed by atoms with van der Waals surface area (Å²) < 4.78 is 6.99. The van der Waals surface area contributed by atoms with E-state index in [0.717, 1.165) is 29.7 Å². The average molecular weight is 332 g/mol. The van der Waals surface area contributed by atoms with Crippen LogP contribution in [0.5, 0.6) is 5.75 Å². The first-order valence-corrected chi connectivity index (χ1v) is 7.74. The first kappa shape index (κ1) is 13.7. The topological polar surface area (TPSA) is 21.3 Å². The molecule has 1 atom stereocenters. The van der Waals surface area contributed by atoms with Gasteiger partial charge in [-0.05, 0) is 30.7 Å². The zero-order chi connectivity index (χ0) is 13.9. The SMILES string of the molecule is CNC(Cc1ccccc1Br)c1cccc2c1OCC2. The normalized spacial score (nSPS) is 14.7. The van der Waals surface area contributed by atoms with Crippen LogP contribution in [0.25, 0.3) is 0 Å². The highest BCUT2D eigenvalue weighted by molar-refractivity contribution is 9.10. The van der Waals surface area contributed by atoms with E-state index in [1.807, 2.05) is 13.1 Å². The number of rotatable bonds is 4. The van der Waals surface area contributed by atoms with E-state index < -0.39 is 0 Å². The van der Waals surface area contributed by atoms with Crippen molar-refractivity contribution in [3.63, 3.8) is 0 Å². The molecule has 1 unspecified atom stereocenters. The van der Waals surface area contributed by atoms with E-state index in [1.54, 1.807) is 0 Å².